The van der Waals surface area contributed by atoms with Gasteiger partial charge in [0.15, 0.2) is 10.9 Å². The van der Waals surface area contributed by atoms with Crippen molar-refractivity contribution in [3.63, 3.8) is 0 Å². The Labute approximate surface area is 201 Å². The van der Waals surface area contributed by atoms with Gasteiger partial charge in [-0.3, -0.25) is 0 Å². The van der Waals surface area contributed by atoms with E-state index in [2.05, 4.69) is 66.7 Å². The number of carboxylic acids is 1. The van der Waals surface area contributed by atoms with Gasteiger partial charge in [0.05, 0.1) is 5.69 Å². The number of hydrogen-bond acceptors (Lipinski definition) is 5. The molecule has 6 heteroatoms. The summed E-state index contributed by atoms with van der Waals surface area (Å²) in [7, 11) is 0. The fraction of sp³-hybridized carbons (Fsp3) is 0.185. The summed E-state index contributed by atoms with van der Waals surface area (Å²) in [5.41, 5.74) is 5.73. The summed E-state index contributed by atoms with van der Waals surface area (Å²) < 4.78 is 6.61. The third kappa shape index (κ3) is 4.97. The number of fused-ring (bicyclic) bond motifs is 3. The van der Waals surface area contributed by atoms with Crippen LogP contribution in [0.1, 0.15) is 26.8 Å². The van der Waals surface area contributed by atoms with E-state index in [0.29, 0.717) is 5.75 Å². The molecule has 0 amide bonds. The highest BCUT2D eigenvalue weighted by Gasteiger charge is 2.25. The number of carboxylic acid groups (broad SMARTS) is 1. The fourth-order valence-electron chi connectivity index (χ4n) is 4.16. The summed E-state index contributed by atoms with van der Waals surface area (Å²) >= 11 is 3.60. The van der Waals surface area contributed by atoms with Crippen molar-refractivity contribution in [3.8, 4) is 17.0 Å². The van der Waals surface area contributed by atoms with Crippen LogP contribution in [0.4, 0.5) is 0 Å². The van der Waals surface area contributed by atoms with E-state index < -0.39 is 5.97 Å². The number of aryl methyl sites for hydroxylation is 1. The molecule has 0 saturated carbocycles. The van der Waals surface area contributed by atoms with E-state index in [1.54, 1.807) is 11.3 Å². The van der Waals surface area contributed by atoms with Crippen LogP contribution < -0.4 is 4.74 Å². The number of thiazole rings is 1. The normalized spacial score (nSPS) is 13.1. The lowest BCUT2D eigenvalue weighted by Crippen LogP contribution is -2.12. The lowest BCUT2D eigenvalue weighted by Gasteiger charge is -2.18. The van der Waals surface area contributed by atoms with E-state index in [1.807, 2.05) is 23.9 Å². The van der Waals surface area contributed by atoms with Crippen molar-refractivity contribution in [2.75, 3.05) is 6.61 Å². The minimum absolute atomic E-state index is 0.269. The second-order valence-electron chi connectivity index (χ2n) is 7.92. The van der Waals surface area contributed by atoms with E-state index in [4.69, 9.17) is 14.8 Å². The topological polar surface area (TPSA) is 59.4 Å². The summed E-state index contributed by atoms with van der Waals surface area (Å²) in [5.74, 6) is -0.323. The Morgan fingerprint density at radius 1 is 1.00 bits per heavy atom. The number of rotatable bonds is 8. The molecular weight excluding hydrogens is 450 g/mol. The van der Waals surface area contributed by atoms with Gasteiger partial charge in [0.2, 0.25) is 0 Å². The van der Waals surface area contributed by atoms with E-state index >= 15 is 0 Å². The fourth-order valence-corrected chi connectivity index (χ4v) is 6.77. The van der Waals surface area contributed by atoms with Crippen molar-refractivity contribution in [3.05, 3.63) is 100 Å². The molecule has 1 heterocycles. The van der Waals surface area contributed by atoms with Crippen LogP contribution >= 0.6 is 23.1 Å². The Morgan fingerprint density at radius 2 is 1.76 bits per heavy atom. The molecule has 33 heavy (non-hydrogen) atoms. The second kappa shape index (κ2) is 9.81. The Morgan fingerprint density at radius 3 is 2.52 bits per heavy atom. The maximum atomic E-state index is 11.0. The van der Waals surface area contributed by atoms with Gasteiger partial charge in [-0.25, -0.2) is 9.78 Å². The Bertz CT molecular complexity index is 1260. The Hall–Kier alpha value is -3.09. The van der Waals surface area contributed by atoms with Gasteiger partial charge in [0, 0.05) is 21.3 Å². The van der Waals surface area contributed by atoms with Crippen LogP contribution in [0.25, 0.3) is 11.3 Å². The van der Waals surface area contributed by atoms with E-state index in [-0.39, 0.29) is 11.9 Å². The van der Waals surface area contributed by atoms with Crippen molar-refractivity contribution in [2.45, 2.75) is 28.9 Å². The third-order valence-corrected chi connectivity index (χ3v) is 8.16. The van der Waals surface area contributed by atoms with Crippen molar-refractivity contribution < 1.29 is 14.6 Å². The molecule has 1 aliphatic carbocycles. The zero-order chi connectivity index (χ0) is 22.6. The summed E-state index contributed by atoms with van der Waals surface area (Å²) in [6.45, 7) is -0.334. The highest BCUT2D eigenvalue weighted by molar-refractivity contribution is 8.01. The largest absolute Gasteiger partial charge is 0.482 e. The molecule has 1 N–H and O–H groups in total. The maximum Gasteiger partial charge on any atom is 0.341 e. The van der Waals surface area contributed by atoms with Gasteiger partial charge in [0.1, 0.15) is 5.75 Å². The Kier molecular flexibility index (Phi) is 6.46. The monoisotopic (exact) mass is 473 g/mol. The standard InChI is InChI=1S/C27H23NO3S2/c29-25(30)17-31-22-13-7-12-21-20(22)14-15-23-26(21)28-27(32-23)33-24(19-10-5-2-6-11-19)16-18-8-3-1-4-9-18/h1-13,24H,14-17H2,(H,29,30). The number of benzene rings is 3. The number of nitrogens with zero attached hydrogens (tertiary/aromatic N) is 1. The molecular formula is C27H23NO3S2. The first-order valence-corrected chi connectivity index (χ1v) is 12.6. The van der Waals surface area contributed by atoms with Gasteiger partial charge in [0.25, 0.3) is 0 Å². The molecule has 4 aromatic rings. The molecule has 1 aliphatic rings. The molecule has 0 fully saturated rings. The van der Waals surface area contributed by atoms with Crippen molar-refractivity contribution >= 4 is 29.1 Å². The minimum atomic E-state index is -0.971. The summed E-state index contributed by atoms with van der Waals surface area (Å²) in [6, 6.07) is 27.0. The van der Waals surface area contributed by atoms with E-state index in [0.717, 1.165) is 40.4 Å². The highest BCUT2D eigenvalue weighted by atomic mass is 32.2. The van der Waals surface area contributed by atoms with Gasteiger partial charge in [-0.1, -0.05) is 84.6 Å². The highest BCUT2D eigenvalue weighted by Crippen LogP contribution is 2.45. The van der Waals surface area contributed by atoms with Gasteiger partial charge in [-0.2, -0.15) is 0 Å². The molecule has 1 aromatic heterocycles. The molecule has 1 unspecified atom stereocenters. The zero-order valence-corrected chi connectivity index (χ0v) is 19.6. The molecule has 0 aliphatic heterocycles. The maximum absolute atomic E-state index is 11.0. The van der Waals surface area contributed by atoms with Crippen LogP contribution in [-0.2, 0) is 24.1 Å². The lowest BCUT2D eigenvalue weighted by molar-refractivity contribution is -0.139. The number of aliphatic carboxylic acids is 1. The zero-order valence-electron chi connectivity index (χ0n) is 17.9. The van der Waals surface area contributed by atoms with Gasteiger partial charge in [-0.05, 0) is 36.5 Å². The van der Waals surface area contributed by atoms with Crippen LogP contribution in [0.2, 0.25) is 0 Å². The Balaban J connectivity index is 1.43. The number of ether oxygens (including phenoxy) is 1. The smallest absolute Gasteiger partial charge is 0.341 e. The average molecular weight is 474 g/mol. The summed E-state index contributed by atoms with van der Waals surface area (Å²) in [4.78, 5) is 17.3. The second-order valence-corrected chi connectivity index (χ2v) is 10.5. The van der Waals surface area contributed by atoms with Crippen LogP contribution in [0.3, 0.4) is 0 Å². The van der Waals surface area contributed by atoms with Crippen molar-refractivity contribution in [2.24, 2.45) is 0 Å². The summed E-state index contributed by atoms with van der Waals surface area (Å²) in [6.07, 6.45) is 2.66. The molecule has 3 aromatic carbocycles. The molecule has 4 nitrogen and oxygen atoms in total. The molecule has 0 saturated heterocycles. The lowest BCUT2D eigenvalue weighted by atomic mass is 9.93. The van der Waals surface area contributed by atoms with Gasteiger partial charge in [-0.15, -0.1) is 11.3 Å². The van der Waals surface area contributed by atoms with Crippen LogP contribution in [-0.4, -0.2) is 22.7 Å². The quantitative estimate of drug-likeness (QED) is 0.298. The number of thioether (sulfide) groups is 1. The number of carbonyl (C=O) groups is 1. The summed E-state index contributed by atoms with van der Waals surface area (Å²) in [5, 5.41) is 9.25. The minimum Gasteiger partial charge on any atom is -0.482 e. The molecule has 1 atom stereocenters. The van der Waals surface area contributed by atoms with Gasteiger partial charge < -0.3 is 9.84 Å². The molecule has 0 radical (unpaired) electrons. The first-order chi connectivity index (χ1) is 16.2. The predicted octanol–water partition coefficient (Wildman–Crippen LogP) is 6.45. The van der Waals surface area contributed by atoms with Crippen LogP contribution in [0.5, 0.6) is 5.75 Å². The average Bonchev–Trinajstić information content (AvgIpc) is 3.26. The third-order valence-electron chi connectivity index (χ3n) is 5.70. The number of hydrogen-bond donors (Lipinski definition) is 1. The first kappa shape index (κ1) is 21.7. The van der Waals surface area contributed by atoms with Gasteiger partial charge >= 0.3 is 5.97 Å². The van der Waals surface area contributed by atoms with E-state index in [9.17, 15) is 4.79 Å². The molecule has 0 bridgehead atoms. The van der Waals surface area contributed by atoms with Crippen molar-refractivity contribution in [1.82, 2.24) is 4.98 Å². The SMILES string of the molecule is O=C(O)COc1cccc2c1CCc1sc(SC(Cc3ccccc3)c3ccccc3)nc1-2. The molecule has 5 rings (SSSR count). The predicted molar refractivity (Wildman–Crippen MR) is 133 cm³/mol. The van der Waals surface area contributed by atoms with Crippen molar-refractivity contribution in [1.29, 1.82) is 0 Å². The number of aromatic nitrogens is 1. The molecule has 0 spiro atoms. The van der Waals surface area contributed by atoms with Crippen LogP contribution in [0.15, 0.2) is 83.2 Å². The van der Waals surface area contributed by atoms with E-state index in [1.165, 1.54) is 16.0 Å². The molecule has 166 valence electrons. The van der Waals surface area contributed by atoms with Crippen LogP contribution in [0, 0.1) is 0 Å². The first-order valence-electron chi connectivity index (χ1n) is 10.9.